The SMILES string of the molecule is CCCCc1nn(-c2ccccc2C(F)(F)F)c(=O)n1Cc1ccc(-c2ccccc2S(=O)(=O)NC(=O)c2sccc2Cl)cc1.[H-].[K+]. The number of para-hydroxylation sites is 1. The predicted octanol–water partition coefficient (Wildman–Crippen LogP) is 4.06. The summed E-state index contributed by atoms with van der Waals surface area (Å²) in [6, 6.07) is 19.2. The van der Waals surface area contributed by atoms with Gasteiger partial charge in [-0.1, -0.05) is 79.5 Å². The molecule has 1 N–H and O–H groups in total. The first-order valence-corrected chi connectivity index (χ1v) is 16.5. The van der Waals surface area contributed by atoms with E-state index in [0.717, 1.165) is 28.5 Å². The molecule has 0 saturated heterocycles. The third kappa shape index (κ3) is 7.93. The molecule has 15 heteroatoms. The second-order valence-electron chi connectivity index (χ2n) is 10.0. The fourth-order valence-electron chi connectivity index (χ4n) is 4.76. The van der Waals surface area contributed by atoms with Crippen molar-refractivity contribution in [2.24, 2.45) is 0 Å². The van der Waals surface area contributed by atoms with Gasteiger partial charge in [0.25, 0.3) is 15.9 Å². The number of benzene rings is 3. The Morgan fingerprint density at radius 1 is 1.02 bits per heavy atom. The summed E-state index contributed by atoms with van der Waals surface area (Å²) in [4.78, 5) is 26.0. The van der Waals surface area contributed by atoms with Gasteiger partial charge in [0.1, 0.15) is 10.7 Å². The number of carbonyl (C=O) groups is 1. The van der Waals surface area contributed by atoms with E-state index in [-0.39, 0.29) is 79.8 Å². The maximum absolute atomic E-state index is 13.7. The Labute approximate surface area is 316 Å². The first-order chi connectivity index (χ1) is 21.4. The predicted molar refractivity (Wildman–Crippen MR) is 168 cm³/mol. The molecule has 0 bridgehead atoms. The average Bonchev–Trinajstić information content (AvgIpc) is 3.58. The van der Waals surface area contributed by atoms with Crippen molar-refractivity contribution in [2.45, 2.75) is 43.8 Å². The van der Waals surface area contributed by atoms with Gasteiger partial charge < -0.3 is 1.43 Å². The molecule has 2 heterocycles. The van der Waals surface area contributed by atoms with Crippen LogP contribution in [0.1, 0.15) is 47.8 Å². The number of aryl methyl sites for hydroxylation is 1. The Morgan fingerprint density at radius 3 is 2.35 bits per heavy atom. The number of rotatable bonds is 10. The minimum Gasteiger partial charge on any atom is -1.00 e. The molecule has 0 spiro atoms. The summed E-state index contributed by atoms with van der Waals surface area (Å²) < 4.78 is 71.9. The molecule has 0 atom stereocenters. The molecule has 2 aromatic heterocycles. The van der Waals surface area contributed by atoms with E-state index in [1.54, 1.807) is 41.8 Å². The monoisotopic (exact) mass is 714 g/mol. The van der Waals surface area contributed by atoms with Crippen molar-refractivity contribution in [1.29, 1.82) is 0 Å². The first-order valence-electron chi connectivity index (χ1n) is 13.7. The van der Waals surface area contributed by atoms with Gasteiger partial charge in [-0.05, 0) is 47.2 Å². The molecule has 3 aromatic carbocycles. The summed E-state index contributed by atoms with van der Waals surface area (Å²) in [6.45, 7) is 1.99. The molecule has 0 radical (unpaired) electrons. The van der Waals surface area contributed by atoms with E-state index in [4.69, 9.17) is 11.6 Å². The quantitative estimate of drug-likeness (QED) is 0.220. The van der Waals surface area contributed by atoms with Crippen LogP contribution in [-0.2, 0) is 29.2 Å². The van der Waals surface area contributed by atoms with Gasteiger partial charge in [0, 0.05) is 12.0 Å². The molecule has 1 amide bonds. The van der Waals surface area contributed by atoms with Gasteiger partial charge in [-0.3, -0.25) is 9.36 Å². The standard InChI is InChI=1S/C31H26ClF3N4O4S2.K.H/c1-2-3-12-27-36-39(25-10-6-5-9-23(25)31(33,34)35)30(41)38(27)19-20-13-15-21(16-14-20)22-8-4-7-11-26(22)45(42,43)37-29(40)28-24(32)17-18-44-28;;/h4-11,13-18H,2-3,12,19H2,1H3,(H,37,40);;/q;+1;-1. The number of nitrogens with zero attached hydrogens (tertiary/aromatic N) is 3. The number of hydrogen-bond donors (Lipinski definition) is 1. The van der Waals surface area contributed by atoms with Crippen LogP contribution in [0.5, 0.6) is 0 Å². The smallest absolute Gasteiger partial charge is 1.00 e. The summed E-state index contributed by atoms with van der Waals surface area (Å²) in [6.07, 6.45) is -2.82. The number of aromatic nitrogens is 3. The normalized spacial score (nSPS) is 11.7. The van der Waals surface area contributed by atoms with E-state index in [2.05, 4.69) is 9.82 Å². The number of halogens is 4. The Balaban J connectivity index is 0.00000300. The molecular formula is C31H27ClF3KN4O4S2. The van der Waals surface area contributed by atoms with Gasteiger partial charge in [-0.15, -0.1) is 16.4 Å². The topological polar surface area (TPSA) is 103 Å². The largest absolute Gasteiger partial charge is 1.00 e. The fourth-order valence-corrected chi connectivity index (χ4v) is 7.05. The summed E-state index contributed by atoms with van der Waals surface area (Å²) >= 11 is 7.01. The number of hydrogen-bond acceptors (Lipinski definition) is 6. The van der Waals surface area contributed by atoms with Crippen molar-refractivity contribution < 1.29 is 79.2 Å². The van der Waals surface area contributed by atoms with Gasteiger partial charge in [0.05, 0.1) is 27.7 Å². The summed E-state index contributed by atoms with van der Waals surface area (Å²) in [5, 5.41) is 6.02. The number of alkyl halides is 3. The minimum atomic E-state index is -4.68. The molecule has 5 aromatic rings. The van der Waals surface area contributed by atoms with Gasteiger partial charge in [0.15, 0.2) is 0 Å². The number of carbonyl (C=O) groups excluding carboxylic acids is 1. The zero-order valence-electron chi connectivity index (χ0n) is 25.7. The van der Waals surface area contributed by atoms with Crippen molar-refractivity contribution >= 4 is 38.9 Å². The van der Waals surface area contributed by atoms with E-state index < -0.39 is 33.4 Å². The zero-order chi connectivity index (χ0) is 32.4. The molecule has 8 nitrogen and oxygen atoms in total. The van der Waals surface area contributed by atoms with Gasteiger partial charge in [-0.2, -0.15) is 17.9 Å². The third-order valence-electron chi connectivity index (χ3n) is 6.96. The van der Waals surface area contributed by atoms with Crippen molar-refractivity contribution in [3.63, 3.8) is 0 Å². The van der Waals surface area contributed by atoms with Crippen molar-refractivity contribution in [3.8, 4) is 16.8 Å². The maximum Gasteiger partial charge on any atom is 1.00 e. The van der Waals surface area contributed by atoms with Crippen LogP contribution < -0.4 is 61.8 Å². The van der Waals surface area contributed by atoms with Crippen LogP contribution in [0.2, 0.25) is 5.02 Å². The number of unbranched alkanes of at least 4 members (excludes halogenated alkanes) is 1. The van der Waals surface area contributed by atoms with Gasteiger partial charge in [-0.25, -0.2) is 17.9 Å². The van der Waals surface area contributed by atoms with Crippen LogP contribution in [0.3, 0.4) is 0 Å². The van der Waals surface area contributed by atoms with E-state index in [1.807, 2.05) is 6.92 Å². The molecule has 5 rings (SSSR count). The third-order valence-corrected chi connectivity index (χ3v) is 9.69. The van der Waals surface area contributed by atoms with Crippen molar-refractivity contribution in [2.75, 3.05) is 0 Å². The number of nitrogens with one attached hydrogen (secondary N) is 1. The van der Waals surface area contributed by atoms with Crippen LogP contribution in [0.15, 0.2) is 93.9 Å². The fraction of sp³-hybridized carbons (Fsp3) is 0.194. The maximum atomic E-state index is 13.7. The molecule has 46 heavy (non-hydrogen) atoms. The molecule has 0 unspecified atom stereocenters. The van der Waals surface area contributed by atoms with Crippen molar-refractivity contribution in [3.05, 3.63) is 122 Å². The molecule has 0 aliphatic heterocycles. The van der Waals surface area contributed by atoms with Crippen LogP contribution in [0, 0.1) is 0 Å². The van der Waals surface area contributed by atoms with Crippen LogP contribution in [-0.4, -0.2) is 28.7 Å². The van der Waals surface area contributed by atoms with Gasteiger partial charge >= 0.3 is 63.3 Å². The summed E-state index contributed by atoms with van der Waals surface area (Å²) in [5.74, 6) is -0.496. The minimum absolute atomic E-state index is 0. The van der Waals surface area contributed by atoms with Gasteiger partial charge in [0.2, 0.25) is 0 Å². The van der Waals surface area contributed by atoms with E-state index in [0.29, 0.717) is 35.4 Å². The van der Waals surface area contributed by atoms with E-state index in [1.165, 1.54) is 41.0 Å². The summed E-state index contributed by atoms with van der Waals surface area (Å²) in [7, 11) is -4.29. The molecule has 0 aliphatic carbocycles. The van der Waals surface area contributed by atoms with E-state index in [9.17, 15) is 31.2 Å². The molecule has 236 valence electrons. The molecule has 0 aliphatic rings. The zero-order valence-corrected chi connectivity index (χ0v) is 30.2. The Hall–Kier alpha value is -2.56. The second kappa shape index (κ2) is 15.1. The molecular weight excluding hydrogens is 688 g/mol. The molecule has 0 saturated carbocycles. The molecule has 0 fully saturated rings. The van der Waals surface area contributed by atoms with Crippen LogP contribution in [0.25, 0.3) is 16.8 Å². The second-order valence-corrected chi connectivity index (χ2v) is 13.0. The Kier molecular flexibility index (Phi) is 11.9. The van der Waals surface area contributed by atoms with E-state index >= 15 is 0 Å². The van der Waals surface area contributed by atoms with Crippen LogP contribution in [0.4, 0.5) is 13.2 Å². The number of thiophene rings is 1. The summed E-state index contributed by atoms with van der Waals surface area (Å²) in [5.41, 5.74) is -0.531. The van der Waals surface area contributed by atoms with Crippen molar-refractivity contribution in [1.82, 2.24) is 19.1 Å². The Morgan fingerprint density at radius 2 is 1.70 bits per heavy atom. The number of sulfonamides is 1. The average molecular weight is 715 g/mol. The van der Waals surface area contributed by atoms with Crippen LogP contribution >= 0.6 is 22.9 Å². The first kappa shape index (κ1) is 36.3. The Bertz CT molecular complexity index is 2030. The number of amides is 1.